The highest BCUT2D eigenvalue weighted by Gasteiger charge is 2.21. The Balaban J connectivity index is 1.99. The monoisotopic (exact) mass is 431 g/mol. The Hall–Kier alpha value is -2.38. The molecule has 0 saturated heterocycles. The highest BCUT2D eigenvalue weighted by Crippen LogP contribution is 2.20. The van der Waals surface area contributed by atoms with E-state index >= 15 is 0 Å². The van der Waals surface area contributed by atoms with Crippen molar-refractivity contribution in [3.63, 3.8) is 0 Å². The Morgan fingerprint density at radius 1 is 0.833 bits per heavy atom. The Labute approximate surface area is 180 Å². The van der Waals surface area contributed by atoms with E-state index in [2.05, 4.69) is 29.7 Å². The zero-order chi connectivity index (χ0) is 22.3. The van der Waals surface area contributed by atoms with Gasteiger partial charge in [0, 0.05) is 13.1 Å². The minimum atomic E-state index is -3.48. The van der Waals surface area contributed by atoms with Crippen LogP contribution >= 0.6 is 0 Å². The molecule has 6 nitrogen and oxygen atoms in total. The lowest BCUT2D eigenvalue weighted by atomic mass is 10.1. The van der Waals surface area contributed by atoms with Crippen LogP contribution in [0.3, 0.4) is 0 Å². The summed E-state index contributed by atoms with van der Waals surface area (Å²) < 4.78 is 26.6. The number of hydrogen-bond acceptors (Lipinski definition) is 3. The van der Waals surface area contributed by atoms with Gasteiger partial charge in [0.15, 0.2) is 0 Å². The van der Waals surface area contributed by atoms with Crippen molar-refractivity contribution in [2.75, 3.05) is 13.1 Å². The maximum absolute atomic E-state index is 12.6. The van der Waals surface area contributed by atoms with Gasteiger partial charge in [-0.15, -0.1) is 0 Å². The van der Waals surface area contributed by atoms with Crippen molar-refractivity contribution in [1.29, 1.82) is 0 Å². The number of amides is 2. The van der Waals surface area contributed by atoms with Gasteiger partial charge in [0.25, 0.3) is 0 Å². The third-order valence-electron chi connectivity index (χ3n) is 5.31. The SMILES string of the molecule is CCc1ccc(C(C)NC(=O)NC(C)c2ccc(S(=O)(=O)N(CC)CC)cc2)cc1. The number of urea groups is 1. The lowest BCUT2D eigenvalue weighted by molar-refractivity contribution is 0.235. The second-order valence-electron chi connectivity index (χ2n) is 7.31. The molecular formula is C23H33N3O3S. The van der Waals surface area contributed by atoms with Crippen LogP contribution in [0.15, 0.2) is 53.4 Å². The first-order valence-electron chi connectivity index (χ1n) is 10.5. The van der Waals surface area contributed by atoms with Crippen LogP contribution in [0.4, 0.5) is 4.79 Å². The molecule has 2 aromatic carbocycles. The minimum absolute atomic E-state index is 0.121. The Bertz CT molecular complexity index is 921. The molecule has 2 aromatic rings. The number of nitrogens with one attached hydrogen (secondary N) is 2. The summed E-state index contributed by atoms with van der Waals surface area (Å²) in [6.45, 7) is 10.4. The zero-order valence-corrected chi connectivity index (χ0v) is 19.3. The van der Waals surface area contributed by atoms with Gasteiger partial charge in [-0.3, -0.25) is 0 Å². The van der Waals surface area contributed by atoms with Crippen LogP contribution in [-0.2, 0) is 16.4 Å². The fourth-order valence-corrected chi connectivity index (χ4v) is 4.74. The van der Waals surface area contributed by atoms with Gasteiger partial charge in [-0.05, 0) is 49.1 Å². The Kier molecular flexibility index (Phi) is 8.43. The average molecular weight is 432 g/mol. The molecule has 0 radical (unpaired) electrons. The maximum atomic E-state index is 12.6. The minimum Gasteiger partial charge on any atom is -0.332 e. The molecule has 0 bridgehead atoms. The second-order valence-corrected chi connectivity index (χ2v) is 9.25. The van der Waals surface area contributed by atoms with Crippen molar-refractivity contribution in [2.24, 2.45) is 0 Å². The second kappa shape index (κ2) is 10.6. The molecule has 2 rings (SSSR count). The van der Waals surface area contributed by atoms with Gasteiger partial charge in [-0.2, -0.15) is 4.31 Å². The summed E-state index contributed by atoms with van der Waals surface area (Å²) in [5.41, 5.74) is 3.14. The number of sulfonamides is 1. The third kappa shape index (κ3) is 5.83. The number of benzene rings is 2. The first-order chi connectivity index (χ1) is 14.2. The van der Waals surface area contributed by atoms with E-state index < -0.39 is 10.0 Å². The van der Waals surface area contributed by atoms with E-state index in [9.17, 15) is 13.2 Å². The highest BCUT2D eigenvalue weighted by molar-refractivity contribution is 7.89. The van der Waals surface area contributed by atoms with Crippen molar-refractivity contribution in [3.05, 3.63) is 65.2 Å². The number of aryl methyl sites for hydroxylation is 1. The molecule has 2 unspecified atom stereocenters. The molecule has 2 N–H and O–H groups in total. The predicted molar refractivity (Wildman–Crippen MR) is 121 cm³/mol. The van der Waals surface area contributed by atoms with Crippen LogP contribution in [-0.4, -0.2) is 31.8 Å². The van der Waals surface area contributed by atoms with Crippen LogP contribution < -0.4 is 10.6 Å². The van der Waals surface area contributed by atoms with Crippen molar-refractivity contribution in [2.45, 2.75) is 58.0 Å². The zero-order valence-electron chi connectivity index (χ0n) is 18.5. The summed E-state index contributed by atoms with van der Waals surface area (Å²) in [6.07, 6.45) is 0.981. The van der Waals surface area contributed by atoms with Gasteiger partial charge in [-0.25, -0.2) is 13.2 Å². The standard InChI is InChI=1S/C23H33N3O3S/c1-6-19-9-11-20(12-10-19)17(4)24-23(27)25-18(5)21-13-15-22(16-14-21)30(28,29)26(7-2)8-3/h9-18H,6-8H2,1-5H3,(H2,24,25,27). The maximum Gasteiger partial charge on any atom is 0.315 e. The summed E-state index contributed by atoms with van der Waals surface area (Å²) in [6, 6.07) is 14.2. The van der Waals surface area contributed by atoms with E-state index in [4.69, 9.17) is 0 Å². The molecule has 0 aromatic heterocycles. The topological polar surface area (TPSA) is 78.5 Å². The summed E-state index contributed by atoms with van der Waals surface area (Å²) in [7, 11) is -3.48. The van der Waals surface area contributed by atoms with Gasteiger partial charge in [0.1, 0.15) is 0 Å². The molecule has 0 aliphatic carbocycles. The number of nitrogens with zero attached hydrogens (tertiary/aromatic N) is 1. The normalized spacial score (nSPS) is 13.7. The lowest BCUT2D eigenvalue weighted by Crippen LogP contribution is -2.38. The van der Waals surface area contributed by atoms with Crippen LogP contribution in [0.1, 0.15) is 63.4 Å². The van der Waals surface area contributed by atoms with Crippen LogP contribution in [0, 0.1) is 0 Å². The first kappa shape index (κ1) is 23.9. The molecule has 0 aliphatic heterocycles. The summed E-state index contributed by atoms with van der Waals surface area (Å²) in [5.74, 6) is 0. The summed E-state index contributed by atoms with van der Waals surface area (Å²) in [4.78, 5) is 12.7. The first-order valence-corrected chi connectivity index (χ1v) is 11.9. The van der Waals surface area contributed by atoms with Gasteiger partial charge < -0.3 is 10.6 Å². The van der Waals surface area contributed by atoms with Crippen molar-refractivity contribution >= 4 is 16.1 Å². The van der Waals surface area contributed by atoms with E-state index in [-0.39, 0.29) is 23.0 Å². The molecule has 30 heavy (non-hydrogen) atoms. The molecule has 0 saturated carbocycles. The van der Waals surface area contributed by atoms with Gasteiger partial charge in [-0.1, -0.05) is 57.2 Å². The van der Waals surface area contributed by atoms with E-state index in [1.807, 2.05) is 39.8 Å². The molecule has 0 fully saturated rings. The number of carbonyl (C=O) groups excluding carboxylic acids is 1. The lowest BCUT2D eigenvalue weighted by Gasteiger charge is -2.20. The molecule has 0 aliphatic rings. The molecule has 2 amide bonds. The molecule has 2 atom stereocenters. The Morgan fingerprint density at radius 2 is 1.27 bits per heavy atom. The molecule has 0 spiro atoms. The number of hydrogen-bond donors (Lipinski definition) is 2. The van der Waals surface area contributed by atoms with E-state index in [0.717, 1.165) is 17.5 Å². The van der Waals surface area contributed by atoms with Crippen molar-refractivity contribution in [3.8, 4) is 0 Å². The van der Waals surface area contributed by atoms with Crippen LogP contribution in [0.25, 0.3) is 0 Å². The molecule has 0 heterocycles. The fraction of sp³-hybridized carbons (Fsp3) is 0.435. The van der Waals surface area contributed by atoms with E-state index in [1.54, 1.807) is 24.3 Å². The quantitative estimate of drug-likeness (QED) is 0.618. The average Bonchev–Trinajstić information content (AvgIpc) is 2.74. The summed E-state index contributed by atoms with van der Waals surface area (Å²) >= 11 is 0. The third-order valence-corrected chi connectivity index (χ3v) is 7.37. The number of carbonyl (C=O) groups is 1. The summed E-state index contributed by atoms with van der Waals surface area (Å²) in [5, 5.41) is 5.86. The largest absolute Gasteiger partial charge is 0.332 e. The number of rotatable bonds is 9. The van der Waals surface area contributed by atoms with Crippen LogP contribution in [0.5, 0.6) is 0 Å². The predicted octanol–water partition coefficient (Wildman–Crippen LogP) is 4.40. The smallest absolute Gasteiger partial charge is 0.315 e. The van der Waals surface area contributed by atoms with Crippen molar-refractivity contribution < 1.29 is 13.2 Å². The molecule has 164 valence electrons. The van der Waals surface area contributed by atoms with Crippen molar-refractivity contribution in [1.82, 2.24) is 14.9 Å². The fourth-order valence-electron chi connectivity index (χ4n) is 3.28. The van der Waals surface area contributed by atoms with E-state index in [1.165, 1.54) is 9.87 Å². The Morgan fingerprint density at radius 3 is 1.67 bits per heavy atom. The van der Waals surface area contributed by atoms with Gasteiger partial charge in [0.2, 0.25) is 10.0 Å². The molecular weight excluding hydrogens is 398 g/mol. The molecule has 7 heteroatoms. The van der Waals surface area contributed by atoms with Gasteiger partial charge in [0.05, 0.1) is 17.0 Å². The van der Waals surface area contributed by atoms with Crippen LogP contribution in [0.2, 0.25) is 0 Å². The highest BCUT2D eigenvalue weighted by atomic mass is 32.2. The van der Waals surface area contributed by atoms with E-state index in [0.29, 0.717) is 13.1 Å². The van der Waals surface area contributed by atoms with Gasteiger partial charge >= 0.3 is 6.03 Å².